The van der Waals surface area contributed by atoms with Crippen LogP contribution in [0.25, 0.3) is 88.1 Å². The second-order valence-corrected chi connectivity index (χ2v) is 33.3. The molecule has 4 heteroatoms. The molecule has 8 bridgehead atoms. The summed E-state index contributed by atoms with van der Waals surface area (Å²) in [5, 5.41) is 10.9. The Morgan fingerprint density at radius 1 is 0.333 bits per heavy atom. The highest BCUT2D eigenvalue weighted by Crippen LogP contribution is 2.64. The molecular formula is C95H102N4+4. The zero-order valence-electron chi connectivity index (χ0n) is 61.6. The van der Waals surface area contributed by atoms with Crippen LogP contribution in [-0.4, -0.2) is 0 Å². The first-order valence-electron chi connectivity index (χ1n) is 37.8. The van der Waals surface area contributed by atoms with Gasteiger partial charge in [0, 0.05) is 29.8 Å². The van der Waals surface area contributed by atoms with Gasteiger partial charge in [0.25, 0.3) is 0 Å². The number of pyridine rings is 4. The molecule has 0 saturated heterocycles. The summed E-state index contributed by atoms with van der Waals surface area (Å²) in [5.74, 6) is 6.65. The van der Waals surface area contributed by atoms with Crippen LogP contribution in [0.1, 0.15) is 190 Å². The first-order chi connectivity index (χ1) is 47.7. The first-order valence-corrected chi connectivity index (χ1v) is 37.8. The molecule has 8 aromatic carbocycles. The minimum Gasteiger partial charge on any atom is -0.200 e. The van der Waals surface area contributed by atoms with Gasteiger partial charge in [-0.15, -0.1) is 0 Å². The molecule has 498 valence electrons. The molecule has 12 aromatic rings. The van der Waals surface area contributed by atoms with Crippen LogP contribution in [0, 0.1) is 78.6 Å². The van der Waals surface area contributed by atoms with Crippen molar-refractivity contribution in [3.63, 3.8) is 0 Å². The van der Waals surface area contributed by atoms with E-state index in [1.807, 2.05) is 0 Å². The SMILES string of the molecule is Cc1ccc2c(-c3c(C)ccc4c3C3CCC4CC3)[n+](C)ccc2c1.Cc1ccc2c(-c3c(C)ccc4c3CC3CC4C3(C)C)[n+](C)ccc2c1.Cc1ccc2c(-c3c(C)ccc4c3CC3CC4C3)[n+](C)ccc2c1.Cc1ccc2c(-c3cc4c(cc3C)C3CC(C4)C3)[n+](C)ccc2c1. The third-order valence-electron chi connectivity index (χ3n) is 26.4. The van der Waals surface area contributed by atoms with Gasteiger partial charge in [-0.3, -0.25) is 0 Å². The second kappa shape index (κ2) is 24.3. The van der Waals surface area contributed by atoms with Crippen molar-refractivity contribution in [1.82, 2.24) is 0 Å². The highest BCUT2D eigenvalue weighted by atomic mass is 14.9. The second-order valence-electron chi connectivity index (χ2n) is 33.3. The molecule has 0 radical (unpaired) electrons. The zero-order valence-corrected chi connectivity index (χ0v) is 61.6. The maximum absolute atomic E-state index is 2.50. The Morgan fingerprint density at radius 2 is 0.737 bits per heavy atom. The van der Waals surface area contributed by atoms with Crippen molar-refractivity contribution in [3.05, 3.63) is 259 Å². The number of aromatic nitrogens is 4. The van der Waals surface area contributed by atoms with Crippen molar-refractivity contribution in [1.29, 1.82) is 0 Å². The number of hydrogen-bond donors (Lipinski definition) is 0. The summed E-state index contributed by atoms with van der Waals surface area (Å²) in [6.45, 7) is 22.8. The predicted molar refractivity (Wildman–Crippen MR) is 411 cm³/mol. The Kier molecular flexibility index (Phi) is 15.7. The maximum Gasteiger partial charge on any atom is 0.220 e. The highest BCUT2D eigenvalue weighted by molar-refractivity contribution is 5.98. The van der Waals surface area contributed by atoms with Crippen LogP contribution < -0.4 is 18.3 Å². The lowest BCUT2D eigenvalue weighted by Crippen LogP contribution is -2.48. The monoisotopic (exact) mass is 1300 g/mol. The topological polar surface area (TPSA) is 15.5 Å². The van der Waals surface area contributed by atoms with Gasteiger partial charge in [0.1, 0.15) is 28.2 Å². The van der Waals surface area contributed by atoms with Gasteiger partial charge in [-0.1, -0.05) is 127 Å². The van der Waals surface area contributed by atoms with Gasteiger partial charge < -0.3 is 0 Å². The highest BCUT2D eigenvalue weighted by Gasteiger charge is 2.53. The van der Waals surface area contributed by atoms with Crippen LogP contribution in [0.5, 0.6) is 0 Å². The molecule has 4 aromatic heterocycles. The lowest BCUT2D eigenvalue weighted by molar-refractivity contribution is -0.659. The average Bonchev–Trinajstić information content (AvgIpc) is 0.713. The summed E-state index contributed by atoms with van der Waals surface area (Å²) in [6, 6.07) is 55.7. The van der Waals surface area contributed by atoms with E-state index in [0.29, 0.717) is 5.41 Å². The molecule has 24 rings (SSSR count). The number of fused-ring (bicyclic) bond motifs is 6. The van der Waals surface area contributed by atoms with Crippen LogP contribution in [0.15, 0.2) is 170 Å². The van der Waals surface area contributed by atoms with Gasteiger partial charge in [-0.05, 0) is 304 Å². The van der Waals surface area contributed by atoms with Crippen molar-refractivity contribution >= 4 is 43.1 Å². The number of nitrogens with zero attached hydrogens (tertiary/aromatic N) is 4. The lowest BCUT2D eigenvalue weighted by atomic mass is 9.47. The molecule has 0 aliphatic heterocycles. The Bertz CT molecular complexity index is 5330. The molecule has 0 N–H and O–H groups in total. The van der Waals surface area contributed by atoms with E-state index < -0.39 is 0 Å². The minimum atomic E-state index is 0.470. The van der Waals surface area contributed by atoms with Crippen molar-refractivity contribution < 1.29 is 18.3 Å². The van der Waals surface area contributed by atoms with E-state index in [1.54, 1.807) is 44.5 Å². The molecule has 0 amide bonds. The van der Waals surface area contributed by atoms with E-state index in [2.05, 4.69) is 286 Å². The fourth-order valence-electron chi connectivity index (χ4n) is 20.8. The van der Waals surface area contributed by atoms with E-state index in [0.717, 1.165) is 47.3 Å². The predicted octanol–water partition coefficient (Wildman–Crippen LogP) is 21.3. The summed E-state index contributed by atoms with van der Waals surface area (Å²) in [6.07, 6.45) is 25.3. The van der Waals surface area contributed by atoms with Crippen molar-refractivity contribution in [2.45, 2.75) is 176 Å². The Hall–Kier alpha value is -8.60. The largest absolute Gasteiger partial charge is 0.220 e. The number of rotatable bonds is 4. The number of aryl methyl sites for hydroxylation is 12. The van der Waals surface area contributed by atoms with Gasteiger partial charge in [0.15, 0.2) is 24.8 Å². The van der Waals surface area contributed by atoms with Crippen molar-refractivity contribution in [2.24, 2.45) is 51.4 Å². The first kappa shape index (κ1) is 63.8. The van der Waals surface area contributed by atoms with Gasteiger partial charge in [0.2, 0.25) is 22.8 Å². The van der Waals surface area contributed by atoms with E-state index in [4.69, 9.17) is 0 Å². The fraction of sp³-hybridized carbons (Fsp3) is 0.368. The molecule has 12 aliphatic rings. The Morgan fingerprint density at radius 3 is 1.23 bits per heavy atom. The Balaban J connectivity index is 0.0000000990. The number of benzene rings is 8. The summed E-state index contributed by atoms with van der Waals surface area (Å²) >= 11 is 0. The third kappa shape index (κ3) is 10.7. The summed E-state index contributed by atoms with van der Waals surface area (Å²) in [5.41, 5.74) is 35.9. The lowest BCUT2D eigenvalue weighted by Gasteiger charge is -2.57. The van der Waals surface area contributed by atoms with Gasteiger partial charge in [-0.2, -0.15) is 0 Å². The molecule has 2 atom stereocenters. The minimum absolute atomic E-state index is 0.470. The molecular weight excluding hydrogens is 1200 g/mol. The normalized spacial score (nSPS) is 21.8. The van der Waals surface area contributed by atoms with Crippen LogP contribution in [0.4, 0.5) is 0 Å². The van der Waals surface area contributed by atoms with Crippen molar-refractivity contribution in [3.8, 4) is 45.0 Å². The van der Waals surface area contributed by atoms with Crippen molar-refractivity contribution in [2.75, 3.05) is 0 Å². The molecule has 4 heterocycles. The summed E-state index contributed by atoms with van der Waals surface area (Å²) < 4.78 is 9.27. The van der Waals surface area contributed by atoms with Gasteiger partial charge in [-0.25, -0.2) is 18.3 Å². The fourth-order valence-corrected chi connectivity index (χ4v) is 20.8. The van der Waals surface area contributed by atoms with E-state index in [-0.39, 0.29) is 0 Å². The standard InChI is InChI=1S/C25H28N.C24H26N.2C23H24N/c1-15-6-8-19-17(12-15)10-11-26(5)24(19)23-16(2)7-9-20-21(23)13-18-14-22(20)25(18,3)4;1-15-4-10-21-19(14-15)12-13-25(3)24(21)22-16(2)5-11-20-17-6-8-18(9-7-17)23(20)22;1-14-4-6-20-17(10-14)8-9-24(3)23(20)22-15(2)5-7-19-18-11-16(12-18)13-21(19)22;1-14-4-5-20-17(8-14)6-7-24(3)23(20)21-13-19-12-16-10-18(11-16)22(19)9-15(21)2/h6-12,18,22H,13-14H2,1-5H3;4-5,10-14,17-18H,6-9H2,1-3H3;4-10,16,18H,11-13H2,1-3H3;4-9,13,16,18H,10-12H2,1-3H3/q4*+1. The van der Waals surface area contributed by atoms with Crippen LogP contribution in [-0.2, 0) is 47.5 Å². The van der Waals surface area contributed by atoms with E-state index in [9.17, 15) is 0 Å². The molecule has 99 heavy (non-hydrogen) atoms. The van der Waals surface area contributed by atoms with E-state index in [1.165, 1.54) is 210 Å². The van der Waals surface area contributed by atoms with Crippen LogP contribution >= 0.6 is 0 Å². The average molecular weight is 1300 g/mol. The quantitative estimate of drug-likeness (QED) is 0.156. The third-order valence-corrected chi connectivity index (χ3v) is 26.4. The molecule has 2 unspecified atom stereocenters. The summed E-state index contributed by atoms with van der Waals surface area (Å²) in [4.78, 5) is 0. The van der Waals surface area contributed by atoms with Crippen LogP contribution in [0.3, 0.4) is 0 Å². The molecule has 4 saturated carbocycles. The van der Waals surface area contributed by atoms with Crippen LogP contribution in [0.2, 0.25) is 0 Å². The Labute approximate surface area is 589 Å². The van der Waals surface area contributed by atoms with E-state index >= 15 is 0 Å². The maximum atomic E-state index is 2.50. The molecule has 4 nitrogen and oxygen atoms in total. The molecule has 12 aliphatic carbocycles. The number of hydrogen-bond acceptors (Lipinski definition) is 0. The van der Waals surface area contributed by atoms with Gasteiger partial charge in [0.05, 0.1) is 38.2 Å². The zero-order chi connectivity index (χ0) is 68.2. The smallest absolute Gasteiger partial charge is 0.200 e. The van der Waals surface area contributed by atoms with Gasteiger partial charge >= 0.3 is 0 Å². The molecule has 0 spiro atoms. The molecule has 4 fully saturated rings. The summed E-state index contributed by atoms with van der Waals surface area (Å²) in [7, 11) is 8.76.